The van der Waals surface area contributed by atoms with Crippen molar-refractivity contribution < 1.29 is 4.39 Å². The van der Waals surface area contributed by atoms with Crippen LogP contribution in [0.15, 0.2) is 6.33 Å². The van der Waals surface area contributed by atoms with Gasteiger partial charge in [-0.05, 0) is 0 Å². The van der Waals surface area contributed by atoms with E-state index in [-0.39, 0.29) is 6.33 Å². The van der Waals surface area contributed by atoms with Crippen molar-refractivity contribution in [1.29, 1.82) is 0 Å². The molecule has 0 bridgehead atoms. The van der Waals surface area contributed by atoms with E-state index in [0.29, 0.717) is 0 Å². The van der Waals surface area contributed by atoms with Crippen LogP contribution in [0.2, 0.25) is 0 Å². The third kappa shape index (κ3) is 1.80. The van der Waals surface area contributed by atoms with E-state index < -0.39 is 0 Å². The van der Waals surface area contributed by atoms with Crippen molar-refractivity contribution in [2.24, 2.45) is 0 Å². The smallest absolute Gasteiger partial charge is 0.122 e. The molecule has 0 unspecified atom stereocenters. The fourth-order valence-electron chi connectivity index (χ4n) is 0. The van der Waals surface area contributed by atoms with Gasteiger partial charge in [-0.1, -0.05) is 0 Å². The van der Waals surface area contributed by atoms with Crippen LogP contribution in [-0.2, 0) is 0 Å². The van der Waals surface area contributed by atoms with Crippen LogP contribution in [0.4, 0.5) is 4.39 Å². The second-order valence-electron chi connectivity index (χ2n) is 0.253. The topological polar surface area (TPSA) is 0 Å². The van der Waals surface area contributed by atoms with Gasteiger partial charge in [-0.25, -0.2) is 4.39 Å². The van der Waals surface area contributed by atoms with Crippen molar-refractivity contribution in [2.75, 3.05) is 0 Å². The first-order chi connectivity index (χ1) is 1.91. The van der Waals surface area contributed by atoms with Crippen LogP contribution in [0, 0.1) is 0 Å². The summed E-state index contributed by atoms with van der Waals surface area (Å²) in [5.74, 6) is 0. The molecule has 0 aliphatic heterocycles. The van der Waals surface area contributed by atoms with Gasteiger partial charge in [-0.3, -0.25) is 0 Å². The molecule has 0 nitrogen and oxygen atoms in total. The minimum absolute atomic E-state index is 0.289. The first kappa shape index (κ1) is 3.80. The van der Waals surface area contributed by atoms with Gasteiger partial charge in [0.1, 0.15) is 16.2 Å². The highest BCUT2D eigenvalue weighted by molar-refractivity contribution is 6.24. The van der Waals surface area contributed by atoms with E-state index in [4.69, 9.17) is 0 Å². The van der Waals surface area contributed by atoms with Crippen molar-refractivity contribution in [2.45, 2.75) is 0 Å². The molecule has 2 radical (unpaired) electrons. The van der Waals surface area contributed by atoms with Crippen molar-refractivity contribution in [3.8, 4) is 0 Å². The van der Waals surface area contributed by atoms with E-state index in [1.807, 2.05) is 5.33 Å². The Morgan fingerprint density at radius 3 is 2.25 bits per heavy atom. The third-order valence-electron chi connectivity index (χ3n) is 0.0546. The molecule has 0 aliphatic rings. The summed E-state index contributed by atoms with van der Waals surface area (Å²) in [6, 6.07) is 0. The summed E-state index contributed by atoms with van der Waals surface area (Å²) in [5.41, 5.74) is 0. The number of hydrogen-bond donors (Lipinski definition) is 0. The minimum atomic E-state index is 0.289. The van der Waals surface area contributed by atoms with Gasteiger partial charge in [0.15, 0.2) is 0 Å². The standard InChI is InChI=1S/C2HFSi/c3-1-2-4/h1H. The van der Waals surface area contributed by atoms with Gasteiger partial charge in [0, 0.05) is 0 Å². The lowest BCUT2D eigenvalue weighted by Crippen LogP contribution is -1.34. The summed E-state index contributed by atoms with van der Waals surface area (Å²) < 4.78 is 10.4. The van der Waals surface area contributed by atoms with Crippen LogP contribution >= 0.6 is 0 Å². The zero-order valence-corrected chi connectivity index (χ0v) is 2.96. The Hall–Kier alpha value is -0.203. The molecule has 0 aromatic rings. The SMILES string of the molecule is FC=C=[Si]. The van der Waals surface area contributed by atoms with E-state index in [1.54, 1.807) is 0 Å². The fraction of sp³-hybridized carbons (Fsp3) is 0. The average Bonchev–Trinajstić information content (AvgIpc) is 1.37. The lowest BCUT2D eigenvalue weighted by atomic mass is 11.2. The lowest BCUT2D eigenvalue weighted by molar-refractivity contribution is 0.732. The first-order valence-corrected chi connectivity index (χ1v) is 1.26. The highest BCUT2D eigenvalue weighted by Crippen LogP contribution is 1.46. The number of hydrogen-bond acceptors (Lipinski definition) is 0. The summed E-state index contributed by atoms with van der Waals surface area (Å²) in [6.07, 6.45) is 0.289. The van der Waals surface area contributed by atoms with E-state index >= 15 is 0 Å². The molecule has 0 aliphatic carbocycles. The van der Waals surface area contributed by atoms with E-state index in [2.05, 4.69) is 9.85 Å². The lowest BCUT2D eigenvalue weighted by Gasteiger charge is -1.34. The molecule has 0 saturated carbocycles. The molecule has 0 heterocycles. The summed E-state index contributed by atoms with van der Waals surface area (Å²) in [4.78, 5) is 0. The van der Waals surface area contributed by atoms with Crippen molar-refractivity contribution in [3.05, 3.63) is 6.33 Å². The van der Waals surface area contributed by atoms with Gasteiger partial charge in [0.25, 0.3) is 0 Å². The first-order valence-electron chi connectivity index (χ1n) is 0.757. The Morgan fingerprint density at radius 2 is 2.25 bits per heavy atom. The molecule has 4 heavy (non-hydrogen) atoms. The quantitative estimate of drug-likeness (QED) is 0.354. The molecule has 0 aromatic heterocycles. The Labute approximate surface area is 27.0 Å². The van der Waals surface area contributed by atoms with Crippen LogP contribution < -0.4 is 0 Å². The van der Waals surface area contributed by atoms with Crippen LogP contribution in [0.1, 0.15) is 0 Å². The van der Waals surface area contributed by atoms with E-state index in [9.17, 15) is 4.39 Å². The molecule has 0 amide bonds. The van der Waals surface area contributed by atoms with Crippen LogP contribution in [-0.4, -0.2) is 15.2 Å². The predicted molar refractivity (Wildman–Crippen MR) is 16.4 cm³/mol. The van der Waals surface area contributed by atoms with Gasteiger partial charge in [0.2, 0.25) is 0 Å². The summed E-state index contributed by atoms with van der Waals surface area (Å²) in [6.45, 7) is 0. The van der Waals surface area contributed by atoms with Gasteiger partial charge >= 0.3 is 0 Å². The Balaban J connectivity index is 3.11. The number of halogens is 1. The second-order valence-corrected chi connectivity index (χ2v) is 0.542. The molecule has 0 atom stereocenters. The van der Waals surface area contributed by atoms with Crippen molar-refractivity contribution in [3.63, 3.8) is 0 Å². The molecular formula is C2HFSi. The van der Waals surface area contributed by atoms with Crippen molar-refractivity contribution in [1.82, 2.24) is 0 Å². The molecule has 0 rings (SSSR count). The Kier molecular flexibility index (Phi) is 2.65. The molecule has 0 N–H and O–H groups in total. The molecule has 0 saturated heterocycles. The molecule has 2 heteroatoms. The maximum atomic E-state index is 10.4. The summed E-state index contributed by atoms with van der Waals surface area (Å²) in [7, 11) is 2.61. The fourth-order valence-corrected chi connectivity index (χ4v) is 0. The van der Waals surface area contributed by atoms with Gasteiger partial charge in [-0.15, -0.1) is 5.33 Å². The van der Waals surface area contributed by atoms with Crippen LogP contribution in [0.5, 0.6) is 0 Å². The molecule has 0 aromatic carbocycles. The predicted octanol–water partition coefficient (Wildman–Crippen LogP) is 0.0392. The molecule has 0 fully saturated rings. The maximum Gasteiger partial charge on any atom is 0.122 e. The van der Waals surface area contributed by atoms with Crippen molar-refractivity contribution >= 4 is 15.2 Å². The van der Waals surface area contributed by atoms with Crippen LogP contribution in [0.3, 0.4) is 0 Å². The maximum absolute atomic E-state index is 10.4. The summed E-state index contributed by atoms with van der Waals surface area (Å²) in [5, 5.41) is 1.94. The zero-order valence-electron chi connectivity index (χ0n) is 1.96. The van der Waals surface area contributed by atoms with Gasteiger partial charge in [-0.2, -0.15) is 0 Å². The monoisotopic (exact) mass is 72.0 g/mol. The molecule has 20 valence electrons. The zero-order chi connectivity index (χ0) is 3.41. The minimum Gasteiger partial charge on any atom is -0.207 e. The summed E-state index contributed by atoms with van der Waals surface area (Å²) >= 11 is 0. The van der Waals surface area contributed by atoms with Gasteiger partial charge in [0.05, 0.1) is 0 Å². The highest BCUT2D eigenvalue weighted by atomic mass is 28.1. The number of rotatable bonds is 0. The average molecular weight is 72.1 g/mol. The third-order valence-corrected chi connectivity index (χ3v) is 0.164. The molecule has 0 spiro atoms. The molecular weight excluding hydrogens is 71.1 g/mol. The largest absolute Gasteiger partial charge is 0.207 e. The highest BCUT2D eigenvalue weighted by Gasteiger charge is 1.29. The normalized spacial score (nSPS) is 4.25. The van der Waals surface area contributed by atoms with Gasteiger partial charge < -0.3 is 0 Å². The second kappa shape index (κ2) is 2.80. The van der Waals surface area contributed by atoms with Crippen LogP contribution in [0.25, 0.3) is 0 Å². The van der Waals surface area contributed by atoms with E-state index in [1.165, 1.54) is 0 Å². The van der Waals surface area contributed by atoms with E-state index in [0.717, 1.165) is 0 Å². The Morgan fingerprint density at radius 1 is 2.00 bits per heavy atom. The Bertz CT molecular complexity index is 44.0.